The molecule has 0 aliphatic rings. The van der Waals surface area contributed by atoms with Crippen molar-refractivity contribution in [3.8, 4) is 0 Å². The number of rotatable bonds is 58. The third-order valence-electron chi connectivity index (χ3n) is 14.3. The van der Waals surface area contributed by atoms with Gasteiger partial charge in [0.1, 0.15) is 19.3 Å². The number of unbranched alkanes of at least 4 members (excludes halogenated alkanes) is 37. The van der Waals surface area contributed by atoms with Crippen LogP contribution in [0.2, 0.25) is 0 Å². The number of hydrogen-bond acceptors (Lipinski definition) is 6. The highest BCUT2D eigenvalue weighted by atomic mass is 31.2. The van der Waals surface area contributed by atoms with Crippen LogP contribution in [0.5, 0.6) is 0 Å². The van der Waals surface area contributed by atoms with Gasteiger partial charge in [-0.1, -0.05) is 256 Å². The van der Waals surface area contributed by atoms with Crippen molar-refractivity contribution in [1.82, 2.24) is 5.32 Å². The molecule has 0 heterocycles. The maximum Gasteiger partial charge on any atom is 0.472 e. The van der Waals surface area contributed by atoms with E-state index in [1.165, 1.54) is 193 Å². The second kappa shape index (κ2) is 55.3. The number of amides is 1. The minimum atomic E-state index is -4.45. The smallest absolute Gasteiger partial charge is 0.456 e. The zero-order chi connectivity index (χ0) is 55.0. The highest BCUT2D eigenvalue weighted by Crippen LogP contribution is 2.43. The topological polar surface area (TPSA) is 111 Å². The highest BCUT2D eigenvalue weighted by molar-refractivity contribution is 7.47. The first kappa shape index (κ1) is 73.0. The Morgan fingerprint density at radius 1 is 0.467 bits per heavy atom. The first-order valence-electron chi connectivity index (χ1n) is 32.0. The summed E-state index contributed by atoms with van der Waals surface area (Å²) in [5.41, 5.74) is 0. The highest BCUT2D eigenvalue weighted by Gasteiger charge is 2.30. The molecule has 0 aromatic heterocycles. The monoisotopic (exact) mass is 1080 g/mol. The predicted octanol–water partition coefficient (Wildman–Crippen LogP) is 19.7. The summed E-state index contributed by atoms with van der Waals surface area (Å²) in [5.74, 6) is -0.510. The largest absolute Gasteiger partial charge is 0.472 e. The number of nitrogens with zero attached hydrogens (tertiary/aromatic N) is 1. The molecular weight excluding hydrogens is 952 g/mol. The van der Waals surface area contributed by atoms with Gasteiger partial charge in [-0.25, -0.2) is 4.57 Å². The quantitative estimate of drug-likeness (QED) is 0.0156. The number of carbonyl (C=O) groups excluding carboxylic acids is 2. The molecule has 440 valence electrons. The van der Waals surface area contributed by atoms with E-state index in [1.54, 1.807) is 0 Å². The van der Waals surface area contributed by atoms with E-state index in [4.69, 9.17) is 13.8 Å². The molecule has 0 aromatic carbocycles. The molecule has 0 aliphatic heterocycles. The van der Waals surface area contributed by atoms with Gasteiger partial charge in [0.2, 0.25) is 5.91 Å². The van der Waals surface area contributed by atoms with Crippen LogP contribution in [-0.4, -0.2) is 74.3 Å². The molecule has 0 aliphatic carbocycles. The van der Waals surface area contributed by atoms with Gasteiger partial charge in [0.25, 0.3) is 0 Å². The average Bonchev–Trinajstić information content (AvgIpc) is 3.37. The molecule has 2 N–H and O–H groups in total. The molecule has 75 heavy (non-hydrogen) atoms. The summed E-state index contributed by atoms with van der Waals surface area (Å²) in [6, 6.07) is -0.852. The van der Waals surface area contributed by atoms with Crippen molar-refractivity contribution in [2.75, 3.05) is 40.9 Å². The van der Waals surface area contributed by atoms with Crippen molar-refractivity contribution in [2.45, 2.75) is 315 Å². The number of phosphoric acid groups is 1. The van der Waals surface area contributed by atoms with E-state index in [1.807, 2.05) is 33.3 Å². The third-order valence-corrected chi connectivity index (χ3v) is 15.3. The van der Waals surface area contributed by atoms with Gasteiger partial charge in [-0.15, -0.1) is 0 Å². The van der Waals surface area contributed by atoms with Crippen LogP contribution in [0.3, 0.4) is 0 Å². The molecule has 0 saturated carbocycles. The minimum Gasteiger partial charge on any atom is -0.456 e. The number of likely N-dealkylation sites (N-methyl/N-ethyl adjacent to an activating group) is 1. The molecule has 3 unspecified atom stereocenters. The first-order valence-corrected chi connectivity index (χ1v) is 33.5. The molecule has 0 rings (SSSR count). The number of phosphoric ester groups is 1. The molecule has 3 atom stereocenters. The Balaban J connectivity index is 5.12. The maximum absolute atomic E-state index is 13.5. The first-order chi connectivity index (χ1) is 36.4. The van der Waals surface area contributed by atoms with Crippen LogP contribution in [-0.2, 0) is 27.9 Å². The average molecular weight is 1080 g/mol. The summed E-state index contributed by atoms with van der Waals surface area (Å²) >= 11 is 0. The van der Waals surface area contributed by atoms with Gasteiger partial charge in [0.05, 0.1) is 33.8 Å². The Morgan fingerprint density at radius 3 is 1.24 bits per heavy atom. The lowest BCUT2D eigenvalue weighted by molar-refractivity contribution is -0.870. The van der Waals surface area contributed by atoms with Gasteiger partial charge in [-0.2, -0.15) is 0 Å². The Labute approximate surface area is 465 Å². The van der Waals surface area contributed by atoms with Crippen LogP contribution >= 0.6 is 7.82 Å². The number of ether oxygens (including phenoxy) is 1. The van der Waals surface area contributed by atoms with Crippen LogP contribution < -0.4 is 5.32 Å². The van der Waals surface area contributed by atoms with Gasteiger partial charge in [0, 0.05) is 12.8 Å². The molecule has 0 fully saturated rings. The summed E-state index contributed by atoms with van der Waals surface area (Å²) < 4.78 is 30.7. The van der Waals surface area contributed by atoms with Crippen molar-refractivity contribution in [1.29, 1.82) is 0 Å². The summed E-state index contributed by atoms with van der Waals surface area (Å²) in [6.45, 7) is 6.99. The lowest BCUT2D eigenvalue weighted by Crippen LogP contribution is -2.47. The lowest BCUT2D eigenvalue weighted by Gasteiger charge is -2.27. The Kier molecular flexibility index (Phi) is 53.8. The fourth-order valence-corrected chi connectivity index (χ4v) is 10.0. The molecule has 0 radical (unpaired) electrons. The maximum atomic E-state index is 13.5. The van der Waals surface area contributed by atoms with Crippen molar-refractivity contribution in [3.05, 3.63) is 48.6 Å². The van der Waals surface area contributed by atoms with Gasteiger partial charge in [-0.05, 0) is 83.1 Å². The van der Waals surface area contributed by atoms with Gasteiger partial charge < -0.3 is 19.4 Å². The number of hydrogen-bond donors (Lipinski definition) is 2. The summed E-state index contributed by atoms with van der Waals surface area (Å²) in [5, 5.41) is 3.05. The lowest BCUT2D eigenvalue weighted by atomic mass is 10.0. The van der Waals surface area contributed by atoms with E-state index in [-0.39, 0.29) is 25.1 Å². The number of esters is 1. The van der Waals surface area contributed by atoms with E-state index >= 15 is 0 Å². The van der Waals surface area contributed by atoms with E-state index in [2.05, 4.69) is 62.5 Å². The van der Waals surface area contributed by atoms with Crippen LogP contribution in [0, 0.1) is 0 Å². The summed E-state index contributed by atoms with van der Waals surface area (Å²) in [7, 11) is 1.49. The molecule has 0 saturated heterocycles. The zero-order valence-corrected chi connectivity index (χ0v) is 51.2. The summed E-state index contributed by atoms with van der Waals surface area (Å²) in [6.07, 6.45) is 68.3. The van der Waals surface area contributed by atoms with Crippen LogP contribution in [0.25, 0.3) is 0 Å². The second-order valence-corrected chi connectivity index (χ2v) is 24.4. The van der Waals surface area contributed by atoms with E-state index in [0.717, 1.165) is 77.0 Å². The molecule has 9 nitrogen and oxygen atoms in total. The molecule has 0 bridgehead atoms. The second-order valence-electron chi connectivity index (χ2n) is 23.0. The Hall–Kier alpha value is -2.03. The van der Waals surface area contributed by atoms with E-state index in [0.29, 0.717) is 23.9 Å². The normalized spacial score (nSPS) is 14.0. The minimum absolute atomic E-state index is 0.0383. The zero-order valence-electron chi connectivity index (χ0n) is 50.3. The van der Waals surface area contributed by atoms with Crippen molar-refractivity contribution in [2.24, 2.45) is 0 Å². The number of carbonyl (C=O) groups is 2. The third kappa shape index (κ3) is 56.5. The van der Waals surface area contributed by atoms with Gasteiger partial charge in [0.15, 0.2) is 0 Å². The molecule has 1 amide bonds. The number of quaternary nitrogens is 1. The van der Waals surface area contributed by atoms with Gasteiger partial charge in [-0.3, -0.25) is 18.6 Å². The van der Waals surface area contributed by atoms with Gasteiger partial charge >= 0.3 is 13.8 Å². The van der Waals surface area contributed by atoms with Crippen LogP contribution in [0.15, 0.2) is 48.6 Å². The predicted molar refractivity (Wildman–Crippen MR) is 323 cm³/mol. The molecular formula is C65H124N2O7P+. The fourth-order valence-electron chi connectivity index (χ4n) is 9.28. The number of allylic oxidation sites excluding steroid dienone is 7. The molecule has 0 spiro atoms. The Bertz CT molecular complexity index is 1420. The van der Waals surface area contributed by atoms with Crippen molar-refractivity contribution in [3.63, 3.8) is 0 Å². The SMILES string of the molecule is CCCCC/C=C/C=C/CCCCCCCCC(=O)NC(COP(=O)(O)OCC[N+](C)(C)C)C(/C=C\CCCCCCCCCCC)OC(=O)CCCCCCCCCCCCCCC/C=C/CCCCCCCC. The molecule has 0 aromatic rings. The van der Waals surface area contributed by atoms with Crippen LogP contribution in [0.1, 0.15) is 303 Å². The standard InChI is InChI=1S/C65H123N2O7P/c1-7-10-13-16-19-22-25-27-29-30-31-32-33-34-35-36-38-40-43-46-49-52-55-58-65(69)74-63(56-53-50-47-44-41-24-21-18-15-12-9-3)62(61-73-75(70,71)72-60-59-67(4,5)6)66-64(68)57-54-51-48-45-42-39-37-28-26-23-20-17-14-11-8-2/h20,23,26-29,53,56,62-63H,7-19,21-22,24-25,30-52,54-55,57-61H2,1-6H3,(H-,66,68,70,71)/p+1/b23-20+,28-26+,29-27+,56-53-. The number of nitrogens with one attached hydrogen (secondary N) is 1. The molecule has 10 heteroatoms. The van der Waals surface area contributed by atoms with E-state index in [9.17, 15) is 19.0 Å². The van der Waals surface area contributed by atoms with Crippen molar-refractivity contribution >= 4 is 19.7 Å². The summed E-state index contributed by atoms with van der Waals surface area (Å²) in [4.78, 5) is 37.7. The Morgan fingerprint density at radius 2 is 0.813 bits per heavy atom. The van der Waals surface area contributed by atoms with E-state index < -0.39 is 20.0 Å². The van der Waals surface area contributed by atoms with Crippen molar-refractivity contribution < 1.29 is 37.3 Å². The van der Waals surface area contributed by atoms with Crippen LogP contribution in [0.4, 0.5) is 0 Å². The fraction of sp³-hybridized carbons (Fsp3) is 0.846.